The van der Waals surface area contributed by atoms with Crippen molar-refractivity contribution in [1.29, 1.82) is 0 Å². The van der Waals surface area contributed by atoms with Gasteiger partial charge in [-0.15, -0.1) is 0 Å². The number of hydrogen-bond donors (Lipinski definition) is 1. The van der Waals surface area contributed by atoms with Gasteiger partial charge in [0, 0.05) is 11.5 Å². The average molecular weight is 158 g/mol. The zero-order valence-electron chi connectivity index (χ0n) is 6.96. The Hall–Kier alpha value is -0.830. The summed E-state index contributed by atoms with van der Waals surface area (Å²) in [5.74, 6) is -0.0926. The smallest absolute Gasteiger partial charge is 0.330 e. The standard InChI is InChI=1S/C4H6O2.C4H8O/c1-3(2)4(5)6;1-4-2-5-3-4/h1H2,2H3,(H,5,6);4H,2-3H2,1H3. The Balaban J connectivity index is 0.000000183. The fraction of sp³-hybridized carbons (Fsp3) is 0.625. The number of ether oxygens (including phenoxy) is 1. The molecule has 0 aromatic rings. The number of rotatable bonds is 1. The van der Waals surface area contributed by atoms with Crippen molar-refractivity contribution in [3.05, 3.63) is 12.2 Å². The fourth-order valence-corrected chi connectivity index (χ4v) is 0.354. The van der Waals surface area contributed by atoms with E-state index in [1.165, 1.54) is 6.92 Å². The molecule has 1 aliphatic heterocycles. The summed E-state index contributed by atoms with van der Waals surface area (Å²) < 4.78 is 4.83. The maximum atomic E-state index is 9.60. The highest BCUT2D eigenvalue weighted by Gasteiger charge is 2.09. The topological polar surface area (TPSA) is 46.5 Å². The number of carboxylic acid groups (broad SMARTS) is 1. The minimum atomic E-state index is -0.935. The fourth-order valence-electron chi connectivity index (χ4n) is 0.354. The molecule has 64 valence electrons. The van der Waals surface area contributed by atoms with Gasteiger partial charge in [0.1, 0.15) is 0 Å². The molecule has 1 rings (SSSR count). The summed E-state index contributed by atoms with van der Waals surface area (Å²) in [6.45, 7) is 8.76. The Kier molecular flexibility index (Phi) is 4.54. The van der Waals surface area contributed by atoms with E-state index < -0.39 is 5.97 Å². The molecule has 0 aliphatic carbocycles. The third-order valence-electron chi connectivity index (χ3n) is 1.17. The van der Waals surface area contributed by atoms with Crippen LogP contribution in [0.25, 0.3) is 0 Å². The number of carboxylic acids is 1. The molecule has 11 heavy (non-hydrogen) atoms. The van der Waals surface area contributed by atoms with Gasteiger partial charge in [-0.3, -0.25) is 0 Å². The van der Waals surface area contributed by atoms with Crippen molar-refractivity contribution in [2.24, 2.45) is 5.92 Å². The molecule has 0 atom stereocenters. The van der Waals surface area contributed by atoms with E-state index in [9.17, 15) is 4.79 Å². The lowest BCUT2D eigenvalue weighted by Crippen LogP contribution is -2.23. The van der Waals surface area contributed by atoms with E-state index in [4.69, 9.17) is 9.84 Å². The van der Waals surface area contributed by atoms with E-state index in [1.807, 2.05) is 0 Å². The zero-order chi connectivity index (χ0) is 8.85. The second-order valence-corrected chi connectivity index (χ2v) is 2.73. The molecule has 0 aromatic carbocycles. The first-order valence-electron chi connectivity index (χ1n) is 3.50. The van der Waals surface area contributed by atoms with Gasteiger partial charge in [0.25, 0.3) is 0 Å². The van der Waals surface area contributed by atoms with Gasteiger partial charge in [0.2, 0.25) is 0 Å². The second kappa shape index (κ2) is 4.91. The molecule has 1 aliphatic rings. The van der Waals surface area contributed by atoms with Crippen molar-refractivity contribution in [3.63, 3.8) is 0 Å². The minimum absolute atomic E-state index is 0.176. The lowest BCUT2D eigenvalue weighted by Gasteiger charge is -2.20. The van der Waals surface area contributed by atoms with Gasteiger partial charge < -0.3 is 9.84 Å². The van der Waals surface area contributed by atoms with E-state index in [0.29, 0.717) is 0 Å². The van der Waals surface area contributed by atoms with Crippen LogP contribution in [0.2, 0.25) is 0 Å². The summed E-state index contributed by atoms with van der Waals surface area (Å²) in [7, 11) is 0. The molecule has 3 heteroatoms. The van der Waals surface area contributed by atoms with Crippen LogP contribution >= 0.6 is 0 Å². The van der Waals surface area contributed by atoms with Crippen molar-refractivity contribution in [2.75, 3.05) is 13.2 Å². The number of aliphatic carboxylic acids is 1. The average Bonchev–Trinajstić information content (AvgIpc) is 1.85. The molecular formula is C8H14O3. The normalized spacial score (nSPS) is 15.8. The van der Waals surface area contributed by atoms with Crippen LogP contribution in [0.5, 0.6) is 0 Å². The molecule has 0 bridgehead atoms. The third kappa shape index (κ3) is 5.61. The lowest BCUT2D eigenvalue weighted by atomic mass is 10.2. The zero-order valence-corrected chi connectivity index (χ0v) is 6.96. The van der Waals surface area contributed by atoms with Crippen molar-refractivity contribution >= 4 is 5.97 Å². The van der Waals surface area contributed by atoms with Crippen LogP contribution < -0.4 is 0 Å². The van der Waals surface area contributed by atoms with Gasteiger partial charge in [0.05, 0.1) is 13.2 Å². The van der Waals surface area contributed by atoms with E-state index in [0.717, 1.165) is 19.1 Å². The maximum Gasteiger partial charge on any atom is 0.330 e. The van der Waals surface area contributed by atoms with Crippen LogP contribution in [0.1, 0.15) is 13.8 Å². The molecule has 0 saturated carbocycles. The number of carbonyl (C=O) groups is 1. The maximum absolute atomic E-state index is 9.60. The summed E-state index contributed by atoms with van der Waals surface area (Å²) in [6.07, 6.45) is 0. The second-order valence-electron chi connectivity index (χ2n) is 2.73. The predicted octanol–water partition coefficient (Wildman–Crippen LogP) is 1.30. The Bertz CT molecular complexity index is 135. The minimum Gasteiger partial charge on any atom is -0.478 e. The summed E-state index contributed by atoms with van der Waals surface area (Å²) >= 11 is 0. The van der Waals surface area contributed by atoms with Crippen molar-refractivity contribution in [2.45, 2.75) is 13.8 Å². The first kappa shape index (κ1) is 10.2. The largest absolute Gasteiger partial charge is 0.478 e. The van der Waals surface area contributed by atoms with E-state index >= 15 is 0 Å². The van der Waals surface area contributed by atoms with E-state index in [-0.39, 0.29) is 5.57 Å². The van der Waals surface area contributed by atoms with Crippen LogP contribution in [-0.4, -0.2) is 24.3 Å². The monoisotopic (exact) mass is 158 g/mol. The summed E-state index contributed by atoms with van der Waals surface area (Å²) in [4.78, 5) is 9.60. The van der Waals surface area contributed by atoms with Crippen molar-refractivity contribution in [1.82, 2.24) is 0 Å². The van der Waals surface area contributed by atoms with Gasteiger partial charge in [-0.1, -0.05) is 13.5 Å². The van der Waals surface area contributed by atoms with Crippen molar-refractivity contribution in [3.8, 4) is 0 Å². The molecule has 1 saturated heterocycles. The first-order chi connectivity index (χ1) is 5.04. The van der Waals surface area contributed by atoms with Crippen LogP contribution in [0.3, 0.4) is 0 Å². The molecule has 1 heterocycles. The van der Waals surface area contributed by atoms with E-state index in [1.54, 1.807) is 0 Å². The molecule has 0 radical (unpaired) electrons. The Morgan fingerprint density at radius 2 is 1.91 bits per heavy atom. The molecule has 0 spiro atoms. The first-order valence-corrected chi connectivity index (χ1v) is 3.50. The predicted molar refractivity (Wildman–Crippen MR) is 42.4 cm³/mol. The summed E-state index contributed by atoms with van der Waals surface area (Å²) in [6, 6.07) is 0. The number of hydrogen-bond acceptors (Lipinski definition) is 2. The Labute approximate surface area is 66.7 Å². The SMILES string of the molecule is C=C(C)C(=O)O.CC1COC1. The molecule has 0 amide bonds. The highest BCUT2D eigenvalue weighted by Crippen LogP contribution is 2.05. The highest BCUT2D eigenvalue weighted by atomic mass is 16.5. The van der Waals surface area contributed by atoms with Gasteiger partial charge in [-0.25, -0.2) is 4.79 Å². The molecule has 1 N–H and O–H groups in total. The quantitative estimate of drug-likeness (QED) is 0.585. The summed E-state index contributed by atoms with van der Waals surface area (Å²) in [5.41, 5.74) is 0.176. The van der Waals surface area contributed by atoms with Crippen LogP contribution in [-0.2, 0) is 9.53 Å². The third-order valence-corrected chi connectivity index (χ3v) is 1.17. The highest BCUT2D eigenvalue weighted by molar-refractivity contribution is 5.84. The Morgan fingerprint density at radius 1 is 1.64 bits per heavy atom. The van der Waals surface area contributed by atoms with Crippen LogP contribution in [0.4, 0.5) is 0 Å². The molecular weight excluding hydrogens is 144 g/mol. The Morgan fingerprint density at radius 3 is 1.91 bits per heavy atom. The molecule has 0 aromatic heterocycles. The molecule has 1 fully saturated rings. The molecule has 0 unspecified atom stereocenters. The molecule has 3 nitrogen and oxygen atoms in total. The van der Waals surface area contributed by atoms with Gasteiger partial charge in [-0.05, 0) is 6.92 Å². The lowest BCUT2D eigenvalue weighted by molar-refractivity contribution is -0.132. The van der Waals surface area contributed by atoms with Crippen molar-refractivity contribution < 1.29 is 14.6 Å². The van der Waals surface area contributed by atoms with E-state index in [2.05, 4.69) is 13.5 Å². The van der Waals surface area contributed by atoms with Gasteiger partial charge in [0.15, 0.2) is 0 Å². The van der Waals surface area contributed by atoms with Gasteiger partial charge >= 0.3 is 5.97 Å². The van der Waals surface area contributed by atoms with Crippen LogP contribution in [0, 0.1) is 5.92 Å². The summed E-state index contributed by atoms with van der Waals surface area (Å²) in [5, 5.41) is 7.89. The van der Waals surface area contributed by atoms with Gasteiger partial charge in [-0.2, -0.15) is 0 Å². The van der Waals surface area contributed by atoms with Crippen LogP contribution in [0.15, 0.2) is 12.2 Å².